The number of hydrogen-bond acceptors (Lipinski definition) is 5. The Morgan fingerprint density at radius 3 is 1.67 bits per heavy atom. The fraction of sp³-hybridized carbons (Fsp3) is 0.933. The Bertz CT molecular complexity index is 232. The first kappa shape index (κ1) is 20.3. The van der Waals surface area contributed by atoms with Crippen molar-refractivity contribution in [3.63, 3.8) is 0 Å². The van der Waals surface area contributed by atoms with Gasteiger partial charge in [-0.2, -0.15) is 0 Å². The SMILES string of the molecule is CC(C)CCOCCOCCOCCOCCCC(=O)O. The molecule has 0 unspecified atom stereocenters. The van der Waals surface area contributed by atoms with E-state index in [1.54, 1.807) is 0 Å². The lowest BCUT2D eigenvalue weighted by atomic mass is 10.1. The molecule has 0 heterocycles. The van der Waals surface area contributed by atoms with Gasteiger partial charge >= 0.3 is 5.97 Å². The van der Waals surface area contributed by atoms with Crippen LogP contribution in [0.1, 0.15) is 33.1 Å². The van der Waals surface area contributed by atoms with Gasteiger partial charge in [-0.1, -0.05) is 13.8 Å². The fourth-order valence-corrected chi connectivity index (χ4v) is 1.41. The van der Waals surface area contributed by atoms with Crippen LogP contribution >= 0.6 is 0 Å². The highest BCUT2D eigenvalue weighted by atomic mass is 16.6. The Hall–Kier alpha value is -0.690. The molecule has 0 bridgehead atoms. The Kier molecular flexibility index (Phi) is 15.2. The number of ether oxygens (including phenoxy) is 4. The number of carboxylic acids is 1. The molecule has 0 rings (SSSR count). The maximum absolute atomic E-state index is 10.2. The molecule has 0 amide bonds. The van der Waals surface area contributed by atoms with Gasteiger partial charge in [0.15, 0.2) is 0 Å². The lowest BCUT2D eigenvalue weighted by molar-refractivity contribution is -0.137. The third-order valence-electron chi connectivity index (χ3n) is 2.63. The first-order valence-corrected chi connectivity index (χ1v) is 7.65. The zero-order chi connectivity index (χ0) is 15.8. The van der Waals surface area contributed by atoms with Crippen molar-refractivity contribution >= 4 is 5.97 Å². The summed E-state index contributed by atoms with van der Waals surface area (Å²) in [5.41, 5.74) is 0. The van der Waals surface area contributed by atoms with Crippen LogP contribution in [-0.2, 0) is 23.7 Å². The molecule has 0 fully saturated rings. The van der Waals surface area contributed by atoms with Crippen LogP contribution in [0.2, 0.25) is 0 Å². The molecule has 0 saturated heterocycles. The molecule has 0 aromatic rings. The molecule has 0 spiro atoms. The lowest BCUT2D eigenvalue weighted by Crippen LogP contribution is -2.12. The quantitative estimate of drug-likeness (QED) is 0.439. The van der Waals surface area contributed by atoms with E-state index in [0.717, 1.165) is 13.0 Å². The van der Waals surface area contributed by atoms with Crippen molar-refractivity contribution in [2.45, 2.75) is 33.1 Å². The summed E-state index contributed by atoms with van der Waals surface area (Å²) in [4.78, 5) is 10.2. The second kappa shape index (κ2) is 15.7. The Morgan fingerprint density at radius 1 is 0.810 bits per heavy atom. The molecule has 6 nitrogen and oxygen atoms in total. The molecule has 0 aliphatic heterocycles. The minimum Gasteiger partial charge on any atom is -0.481 e. The van der Waals surface area contributed by atoms with Gasteiger partial charge < -0.3 is 24.1 Å². The normalized spacial score (nSPS) is 11.2. The number of carbonyl (C=O) groups is 1. The predicted molar refractivity (Wildman–Crippen MR) is 79.6 cm³/mol. The lowest BCUT2D eigenvalue weighted by Gasteiger charge is -2.08. The van der Waals surface area contributed by atoms with Gasteiger partial charge in [-0.25, -0.2) is 0 Å². The predicted octanol–water partition coefficient (Wildman–Crippen LogP) is 1.96. The highest BCUT2D eigenvalue weighted by molar-refractivity contribution is 5.66. The fourth-order valence-electron chi connectivity index (χ4n) is 1.41. The molecule has 0 aliphatic rings. The van der Waals surface area contributed by atoms with Gasteiger partial charge in [-0.3, -0.25) is 4.79 Å². The molecule has 0 radical (unpaired) electrons. The number of carboxylic acid groups (broad SMARTS) is 1. The third-order valence-corrected chi connectivity index (χ3v) is 2.63. The van der Waals surface area contributed by atoms with Crippen molar-refractivity contribution in [2.75, 3.05) is 52.9 Å². The van der Waals surface area contributed by atoms with Crippen LogP contribution in [0, 0.1) is 5.92 Å². The van der Waals surface area contributed by atoms with E-state index in [4.69, 9.17) is 24.1 Å². The summed E-state index contributed by atoms with van der Waals surface area (Å²) >= 11 is 0. The summed E-state index contributed by atoms with van der Waals surface area (Å²) < 4.78 is 21.3. The monoisotopic (exact) mass is 306 g/mol. The minimum absolute atomic E-state index is 0.147. The number of rotatable bonds is 16. The Morgan fingerprint density at radius 2 is 1.24 bits per heavy atom. The maximum atomic E-state index is 10.2. The molecule has 126 valence electrons. The van der Waals surface area contributed by atoms with Gasteiger partial charge in [-0.15, -0.1) is 0 Å². The van der Waals surface area contributed by atoms with Crippen molar-refractivity contribution < 1.29 is 28.8 Å². The smallest absolute Gasteiger partial charge is 0.303 e. The van der Waals surface area contributed by atoms with Crippen molar-refractivity contribution in [2.24, 2.45) is 5.92 Å². The van der Waals surface area contributed by atoms with E-state index < -0.39 is 5.97 Å². The van der Waals surface area contributed by atoms with Gasteiger partial charge in [0.1, 0.15) is 0 Å². The zero-order valence-electron chi connectivity index (χ0n) is 13.3. The summed E-state index contributed by atoms with van der Waals surface area (Å²) in [6.45, 7) is 8.87. The van der Waals surface area contributed by atoms with Gasteiger partial charge in [0.2, 0.25) is 0 Å². The van der Waals surface area contributed by atoms with Crippen molar-refractivity contribution in [1.29, 1.82) is 0 Å². The van der Waals surface area contributed by atoms with E-state index in [0.29, 0.717) is 58.6 Å². The summed E-state index contributed by atoms with van der Waals surface area (Å²) in [6, 6.07) is 0. The van der Waals surface area contributed by atoms with Crippen molar-refractivity contribution in [3.05, 3.63) is 0 Å². The summed E-state index contributed by atoms with van der Waals surface area (Å²) in [7, 11) is 0. The molecule has 0 aromatic heterocycles. The van der Waals surface area contributed by atoms with Crippen LogP contribution in [0.4, 0.5) is 0 Å². The van der Waals surface area contributed by atoms with Crippen molar-refractivity contribution in [1.82, 2.24) is 0 Å². The van der Waals surface area contributed by atoms with Crippen molar-refractivity contribution in [3.8, 4) is 0 Å². The topological polar surface area (TPSA) is 74.2 Å². The summed E-state index contributed by atoms with van der Waals surface area (Å²) in [5.74, 6) is -0.120. The van der Waals surface area contributed by atoms with Crippen LogP contribution in [0.3, 0.4) is 0 Å². The Labute approximate surface area is 127 Å². The Balaban J connectivity index is 2.98. The molecule has 0 atom stereocenters. The minimum atomic E-state index is -0.791. The maximum Gasteiger partial charge on any atom is 0.303 e. The van der Waals surface area contributed by atoms with Crippen LogP contribution in [0.25, 0.3) is 0 Å². The summed E-state index contributed by atoms with van der Waals surface area (Å²) in [5, 5.41) is 8.43. The standard InChI is InChI=1S/C15H30O6/c1-14(2)5-7-19-9-11-21-13-12-20-10-8-18-6-3-4-15(16)17/h14H,3-13H2,1-2H3,(H,16,17). The molecule has 6 heteroatoms. The third kappa shape index (κ3) is 19.3. The van der Waals surface area contributed by atoms with Gasteiger partial charge in [0.25, 0.3) is 0 Å². The van der Waals surface area contributed by atoms with E-state index in [-0.39, 0.29) is 6.42 Å². The van der Waals surface area contributed by atoms with E-state index in [9.17, 15) is 4.79 Å². The molecule has 0 saturated carbocycles. The second-order valence-electron chi connectivity index (χ2n) is 5.13. The first-order valence-electron chi connectivity index (χ1n) is 7.65. The van der Waals surface area contributed by atoms with Crippen LogP contribution in [-0.4, -0.2) is 63.9 Å². The average molecular weight is 306 g/mol. The van der Waals surface area contributed by atoms with Gasteiger partial charge in [0.05, 0.1) is 39.6 Å². The first-order chi connectivity index (χ1) is 10.1. The average Bonchev–Trinajstić information content (AvgIpc) is 2.42. The highest BCUT2D eigenvalue weighted by Gasteiger charge is 1.97. The van der Waals surface area contributed by atoms with Gasteiger partial charge in [0, 0.05) is 19.6 Å². The molecule has 0 aliphatic carbocycles. The van der Waals surface area contributed by atoms with E-state index in [1.165, 1.54) is 0 Å². The largest absolute Gasteiger partial charge is 0.481 e. The van der Waals surface area contributed by atoms with E-state index in [1.807, 2.05) is 0 Å². The van der Waals surface area contributed by atoms with E-state index in [2.05, 4.69) is 13.8 Å². The van der Waals surface area contributed by atoms with E-state index >= 15 is 0 Å². The zero-order valence-corrected chi connectivity index (χ0v) is 13.3. The molecule has 1 N–H and O–H groups in total. The summed E-state index contributed by atoms with van der Waals surface area (Å²) in [6.07, 6.45) is 1.76. The molecule has 21 heavy (non-hydrogen) atoms. The molecular formula is C15H30O6. The van der Waals surface area contributed by atoms with Crippen LogP contribution < -0.4 is 0 Å². The van der Waals surface area contributed by atoms with Crippen LogP contribution in [0.5, 0.6) is 0 Å². The van der Waals surface area contributed by atoms with Crippen LogP contribution in [0.15, 0.2) is 0 Å². The van der Waals surface area contributed by atoms with Gasteiger partial charge in [-0.05, 0) is 18.8 Å². The highest BCUT2D eigenvalue weighted by Crippen LogP contribution is 1.98. The number of aliphatic carboxylic acids is 1. The second-order valence-corrected chi connectivity index (χ2v) is 5.13. The molecular weight excluding hydrogens is 276 g/mol. The molecule has 0 aromatic carbocycles. The number of hydrogen-bond donors (Lipinski definition) is 1.